The van der Waals surface area contributed by atoms with Gasteiger partial charge in [-0.15, -0.1) is 0 Å². The molecule has 2 saturated heterocycles. The van der Waals surface area contributed by atoms with Gasteiger partial charge in [0.25, 0.3) is 11.9 Å². The van der Waals surface area contributed by atoms with Crippen molar-refractivity contribution < 1.29 is 9.21 Å². The molecule has 3 aromatic rings. The number of aromatic nitrogens is 3. The van der Waals surface area contributed by atoms with Gasteiger partial charge in [-0.05, 0) is 50.1 Å². The zero-order valence-electron chi connectivity index (χ0n) is 16.7. The maximum atomic E-state index is 12.9. The number of nitrogens with zero attached hydrogens (tertiary/aromatic N) is 5. The van der Waals surface area contributed by atoms with Crippen LogP contribution < -0.4 is 10.2 Å². The number of aryl methyl sites for hydroxylation is 1. The number of carbonyl (C=O) groups is 1. The number of anilines is 1. The Hall–Kier alpha value is -2.87. The molecule has 1 amide bonds. The molecule has 1 aromatic carbocycles. The molecule has 0 aliphatic carbocycles. The van der Waals surface area contributed by atoms with Gasteiger partial charge in [-0.25, -0.2) is 0 Å². The van der Waals surface area contributed by atoms with E-state index in [1.54, 1.807) is 0 Å². The summed E-state index contributed by atoms with van der Waals surface area (Å²) in [6.07, 6.45) is 4.18. The van der Waals surface area contributed by atoms with Crippen LogP contribution in [-0.2, 0) is 0 Å². The van der Waals surface area contributed by atoms with E-state index in [-0.39, 0.29) is 5.91 Å². The van der Waals surface area contributed by atoms with Crippen molar-refractivity contribution in [3.8, 4) is 0 Å². The topological polar surface area (TPSA) is 79.4 Å². The SMILES string of the molecule is Cc1ccc2oc(N3CCN(C(=O)c4ccn(C5CCCNC5)n4)CC3)nc2c1. The van der Waals surface area contributed by atoms with E-state index in [1.807, 2.05) is 47.0 Å². The first-order valence-corrected chi connectivity index (χ1v) is 10.3. The second kappa shape index (κ2) is 7.51. The predicted molar refractivity (Wildman–Crippen MR) is 110 cm³/mol. The molecule has 2 aromatic heterocycles. The van der Waals surface area contributed by atoms with Gasteiger partial charge in [0.15, 0.2) is 5.58 Å². The average molecular weight is 394 g/mol. The third-order valence-corrected chi connectivity index (χ3v) is 5.84. The van der Waals surface area contributed by atoms with Crippen LogP contribution in [0.5, 0.6) is 0 Å². The molecule has 5 rings (SSSR count). The number of nitrogens with one attached hydrogen (secondary N) is 1. The molecule has 29 heavy (non-hydrogen) atoms. The fourth-order valence-electron chi connectivity index (χ4n) is 4.14. The van der Waals surface area contributed by atoms with Crippen molar-refractivity contribution in [2.75, 3.05) is 44.2 Å². The lowest BCUT2D eigenvalue weighted by Crippen LogP contribution is -2.49. The van der Waals surface area contributed by atoms with Crippen LogP contribution in [0.2, 0.25) is 0 Å². The van der Waals surface area contributed by atoms with Crippen LogP contribution in [0.25, 0.3) is 11.1 Å². The molecule has 0 bridgehead atoms. The number of fused-ring (bicyclic) bond motifs is 1. The molecule has 2 aliphatic rings. The maximum absolute atomic E-state index is 12.9. The summed E-state index contributed by atoms with van der Waals surface area (Å²) in [6, 6.07) is 8.82. The largest absolute Gasteiger partial charge is 0.423 e. The van der Waals surface area contributed by atoms with Gasteiger partial charge in [-0.3, -0.25) is 9.48 Å². The van der Waals surface area contributed by atoms with Crippen molar-refractivity contribution in [1.29, 1.82) is 0 Å². The standard InChI is InChI=1S/C21H26N6O2/c1-15-4-5-19-18(13-15)23-21(29-19)26-11-9-25(10-12-26)20(28)17-6-8-27(24-17)16-3-2-7-22-14-16/h4-6,8,13,16,22H,2-3,7,9-12,14H2,1H3. The zero-order chi connectivity index (χ0) is 19.8. The fourth-order valence-corrected chi connectivity index (χ4v) is 4.14. The molecule has 1 atom stereocenters. The average Bonchev–Trinajstić information content (AvgIpc) is 3.41. The Morgan fingerprint density at radius 2 is 2.07 bits per heavy atom. The first kappa shape index (κ1) is 18.2. The fraction of sp³-hybridized carbons (Fsp3) is 0.476. The summed E-state index contributed by atoms with van der Waals surface area (Å²) in [7, 11) is 0. The van der Waals surface area contributed by atoms with E-state index in [9.17, 15) is 4.79 Å². The summed E-state index contributed by atoms with van der Waals surface area (Å²) in [5, 5.41) is 7.96. The van der Waals surface area contributed by atoms with Crippen LogP contribution in [0.4, 0.5) is 6.01 Å². The first-order chi connectivity index (χ1) is 14.2. The second-order valence-corrected chi connectivity index (χ2v) is 7.93. The number of amides is 1. The molecule has 1 unspecified atom stereocenters. The van der Waals surface area contributed by atoms with Gasteiger partial charge in [0.05, 0.1) is 6.04 Å². The highest BCUT2D eigenvalue weighted by Crippen LogP contribution is 2.24. The number of piperidine rings is 1. The van der Waals surface area contributed by atoms with Crippen LogP contribution in [0.15, 0.2) is 34.9 Å². The number of carbonyl (C=O) groups excluding carboxylic acids is 1. The highest BCUT2D eigenvalue weighted by Gasteiger charge is 2.26. The van der Waals surface area contributed by atoms with E-state index >= 15 is 0 Å². The van der Waals surface area contributed by atoms with E-state index in [4.69, 9.17) is 4.42 Å². The minimum Gasteiger partial charge on any atom is -0.423 e. The maximum Gasteiger partial charge on any atom is 0.298 e. The second-order valence-electron chi connectivity index (χ2n) is 7.93. The van der Waals surface area contributed by atoms with Crippen molar-refractivity contribution >= 4 is 23.0 Å². The molecule has 0 saturated carbocycles. The Morgan fingerprint density at radius 1 is 1.21 bits per heavy atom. The molecular formula is C21H26N6O2. The minimum atomic E-state index is 0.000332. The molecular weight excluding hydrogens is 368 g/mol. The van der Waals surface area contributed by atoms with E-state index < -0.39 is 0 Å². The van der Waals surface area contributed by atoms with Crippen LogP contribution in [0.1, 0.15) is 34.9 Å². The number of oxazole rings is 1. The molecule has 1 N–H and O–H groups in total. The quantitative estimate of drug-likeness (QED) is 0.734. The molecule has 8 heteroatoms. The highest BCUT2D eigenvalue weighted by atomic mass is 16.4. The van der Waals surface area contributed by atoms with Crippen molar-refractivity contribution in [1.82, 2.24) is 25.0 Å². The summed E-state index contributed by atoms with van der Waals surface area (Å²) in [5.41, 5.74) is 3.37. The Labute approximate surface area is 169 Å². The Balaban J connectivity index is 1.23. The van der Waals surface area contributed by atoms with Crippen LogP contribution >= 0.6 is 0 Å². The molecule has 4 heterocycles. The number of piperazine rings is 1. The van der Waals surface area contributed by atoms with Crippen molar-refractivity contribution in [2.24, 2.45) is 0 Å². The van der Waals surface area contributed by atoms with Gasteiger partial charge in [-0.1, -0.05) is 6.07 Å². The number of hydrogen-bond donors (Lipinski definition) is 1. The van der Waals surface area contributed by atoms with Gasteiger partial charge < -0.3 is 19.5 Å². The van der Waals surface area contributed by atoms with Crippen molar-refractivity contribution in [2.45, 2.75) is 25.8 Å². The summed E-state index contributed by atoms with van der Waals surface area (Å²) in [5.74, 6) is 0.000332. The monoisotopic (exact) mass is 394 g/mol. The number of benzene rings is 1. The van der Waals surface area contributed by atoms with E-state index in [0.717, 1.165) is 42.6 Å². The Kier molecular flexibility index (Phi) is 4.71. The van der Waals surface area contributed by atoms with E-state index in [0.29, 0.717) is 43.9 Å². The van der Waals surface area contributed by atoms with E-state index in [1.165, 1.54) is 0 Å². The van der Waals surface area contributed by atoms with Gasteiger partial charge in [0.1, 0.15) is 11.2 Å². The lowest BCUT2D eigenvalue weighted by Gasteiger charge is -2.33. The van der Waals surface area contributed by atoms with Crippen LogP contribution in [-0.4, -0.2) is 64.8 Å². The molecule has 2 fully saturated rings. The lowest BCUT2D eigenvalue weighted by molar-refractivity contribution is 0.0737. The molecule has 2 aliphatic heterocycles. The van der Waals surface area contributed by atoms with Gasteiger partial charge in [-0.2, -0.15) is 10.1 Å². The third-order valence-electron chi connectivity index (χ3n) is 5.84. The smallest absolute Gasteiger partial charge is 0.298 e. The van der Waals surface area contributed by atoms with Crippen LogP contribution in [0.3, 0.4) is 0 Å². The normalized spacial score (nSPS) is 20.4. The predicted octanol–water partition coefficient (Wildman–Crippen LogP) is 2.22. The summed E-state index contributed by atoms with van der Waals surface area (Å²) in [6.45, 7) is 6.69. The molecule has 8 nitrogen and oxygen atoms in total. The Bertz CT molecular complexity index is 1010. The minimum absolute atomic E-state index is 0.000332. The van der Waals surface area contributed by atoms with Gasteiger partial charge in [0.2, 0.25) is 0 Å². The van der Waals surface area contributed by atoms with Gasteiger partial charge in [0, 0.05) is 38.9 Å². The van der Waals surface area contributed by atoms with Crippen LogP contribution in [0, 0.1) is 6.92 Å². The first-order valence-electron chi connectivity index (χ1n) is 10.3. The molecule has 0 radical (unpaired) electrons. The summed E-state index contributed by atoms with van der Waals surface area (Å²) >= 11 is 0. The number of hydrogen-bond acceptors (Lipinski definition) is 6. The summed E-state index contributed by atoms with van der Waals surface area (Å²) in [4.78, 5) is 21.5. The number of rotatable bonds is 3. The van der Waals surface area contributed by atoms with Crippen molar-refractivity contribution in [3.05, 3.63) is 41.7 Å². The van der Waals surface area contributed by atoms with E-state index in [2.05, 4.69) is 20.3 Å². The molecule has 0 spiro atoms. The zero-order valence-corrected chi connectivity index (χ0v) is 16.7. The molecule has 152 valence electrons. The van der Waals surface area contributed by atoms with Gasteiger partial charge >= 0.3 is 0 Å². The Morgan fingerprint density at radius 3 is 2.86 bits per heavy atom. The lowest BCUT2D eigenvalue weighted by atomic mass is 10.1. The van der Waals surface area contributed by atoms with Crippen molar-refractivity contribution in [3.63, 3.8) is 0 Å². The third kappa shape index (κ3) is 3.60. The highest BCUT2D eigenvalue weighted by molar-refractivity contribution is 5.92. The summed E-state index contributed by atoms with van der Waals surface area (Å²) < 4.78 is 7.84.